The van der Waals surface area contributed by atoms with E-state index >= 15 is 0 Å². The van der Waals surface area contributed by atoms with Gasteiger partial charge in [-0.1, -0.05) is 31.5 Å². The number of anilines is 1. The summed E-state index contributed by atoms with van der Waals surface area (Å²) in [5, 5.41) is 2.56. The summed E-state index contributed by atoms with van der Waals surface area (Å²) in [6.07, 6.45) is 1.60. The number of halogens is 2. The van der Waals surface area contributed by atoms with Crippen molar-refractivity contribution >= 4 is 68.1 Å². The molecule has 0 radical (unpaired) electrons. The van der Waals surface area contributed by atoms with Gasteiger partial charge >= 0.3 is 0 Å². The highest BCUT2D eigenvalue weighted by atomic mass is 79.9. The quantitative estimate of drug-likeness (QED) is 0.363. The third-order valence-electron chi connectivity index (χ3n) is 4.52. The number of nitrogens with zero attached hydrogens (tertiary/aromatic N) is 1. The van der Waals surface area contributed by atoms with Crippen molar-refractivity contribution in [2.45, 2.75) is 20.8 Å². The second-order valence-corrected chi connectivity index (χ2v) is 10.0. The minimum atomic E-state index is -0.530. The molecule has 0 atom stereocenters. The maximum Gasteiger partial charge on any atom is 0.294 e. The molecule has 1 fully saturated rings. The van der Waals surface area contributed by atoms with Crippen molar-refractivity contribution in [3.63, 3.8) is 0 Å². The standard InChI is InChI=1S/C24H24BrClN2O5S/c1-4-32-20-9-15(5-8-19(20)33-13-14(2)3)10-21-23(30)28(24(31)34-21)12-22(29)27-16-6-7-17(25)18(26)11-16/h5-11,14H,4,12-13H2,1-3H3,(H,27,29)/b21-10-. The Kier molecular flexibility index (Phi) is 9.04. The van der Waals surface area contributed by atoms with Gasteiger partial charge in [0.1, 0.15) is 6.54 Å². The van der Waals surface area contributed by atoms with Gasteiger partial charge in [0.25, 0.3) is 11.1 Å². The molecule has 3 rings (SSSR count). The molecule has 0 bridgehead atoms. The molecular weight excluding hydrogens is 544 g/mol. The van der Waals surface area contributed by atoms with E-state index in [-0.39, 0.29) is 4.91 Å². The zero-order valence-corrected chi connectivity index (χ0v) is 22.1. The van der Waals surface area contributed by atoms with Crippen LogP contribution in [0.15, 0.2) is 45.8 Å². The molecule has 0 aliphatic carbocycles. The molecule has 10 heteroatoms. The number of benzene rings is 2. The van der Waals surface area contributed by atoms with Gasteiger partial charge in [0.15, 0.2) is 11.5 Å². The first-order valence-electron chi connectivity index (χ1n) is 10.6. The third-order valence-corrected chi connectivity index (χ3v) is 6.66. The summed E-state index contributed by atoms with van der Waals surface area (Å²) in [5.41, 5.74) is 1.14. The maximum atomic E-state index is 12.8. The van der Waals surface area contributed by atoms with E-state index in [0.717, 1.165) is 16.7 Å². The molecule has 1 saturated heterocycles. The highest BCUT2D eigenvalue weighted by Crippen LogP contribution is 2.35. The van der Waals surface area contributed by atoms with E-state index in [4.69, 9.17) is 21.1 Å². The van der Waals surface area contributed by atoms with Gasteiger partial charge in [-0.2, -0.15) is 0 Å². The zero-order valence-electron chi connectivity index (χ0n) is 18.9. The number of carbonyl (C=O) groups excluding carboxylic acids is 3. The largest absolute Gasteiger partial charge is 0.490 e. The fourth-order valence-corrected chi connectivity index (χ4v) is 4.23. The van der Waals surface area contributed by atoms with Crippen LogP contribution in [0.4, 0.5) is 10.5 Å². The number of imide groups is 1. The van der Waals surface area contributed by atoms with Crippen LogP contribution in [0.5, 0.6) is 11.5 Å². The van der Waals surface area contributed by atoms with Gasteiger partial charge in [0.2, 0.25) is 5.91 Å². The lowest BCUT2D eigenvalue weighted by Crippen LogP contribution is -2.36. The summed E-state index contributed by atoms with van der Waals surface area (Å²) in [6.45, 7) is 6.58. The summed E-state index contributed by atoms with van der Waals surface area (Å²) in [4.78, 5) is 38.8. The molecule has 0 unspecified atom stereocenters. The first-order valence-corrected chi connectivity index (χ1v) is 12.6. The van der Waals surface area contributed by atoms with Crippen LogP contribution in [0.25, 0.3) is 6.08 Å². The van der Waals surface area contributed by atoms with E-state index in [1.165, 1.54) is 0 Å². The van der Waals surface area contributed by atoms with Crippen LogP contribution in [0.3, 0.4) is 0 Å². The third kappa shape index (κ3) is 6.77. The fraction of sp³-hybridized carbons (Fsp3) is 0.292. The highest BCUT2D eigenvalue weighted by Gasteiger charge is 2.36. The normalized spacial score (nSPS) is 14.8. The molecule has 1 heterocycles. The molecule has 0 aromatic heterocycles. The van der Waals surface area contributed by atoms with Gasteiger partial charge < -0.3 is 14.8 Å². The van der Waals surface area contributed by atoms with Crippen molar-refractivity contribution in [3.8, 4) is 11.5 Å². The number of hydrogen-bond acceptors (Lipinski definition) is 6. The highest BCUT2D eigenvalue weighted by molar-refractivity contribution is 9.10. The lowest BCUT2D eigenvalue weighted by molar-refractivity contribution is -0.127. The van der Waals surface area contributed by atoms with E-state index < -0.39 is 23.6 Å². The number of carbonyl (C=O) groups is 3. The first kappa shape index (κ1) is 26.1. The Balaban J connectivity index is 1.71. The van der Waals surface area contributed by atoms with Crippen LogP contribution in [-0.4, -0.2) is 41.7 Å². The van der Waals surface area contributed by atoms with Gasteiger partial charge in [-0.05, 0) is 82.5 Å². The number of hydrogen-bond donors (Lipinski definition) is 1. The van der Waals surface area contributed by atoms with Gasteiger partial charge in [0.05, 0.1) is 23.1 Å². The van der Waals surface area contributed by atoms with Crippen molar-refractivity contribution in [2.24, 2.45) is 5.92 Å². The van der Waals surface area contributed by atoms with Gasteiger partial charge in [-0.25, -0.2) is 0 Å². The summed E-state index contributed by atoms with van der Waals surface area (Å²) in [6, 6.07) is 10.2. The topological polar surface area (TPSA) is 84.9 Å². The number of nitrogens with one attached hydrogen (secondary N) is 1. The van der Waals surface area contributed by atoms with Crippen molar-refractivity contribution in [1.82, 2.24) is 4.90 Å². The Hall–Kier alpha value is -2.49. The molecule has 0 spiro atoms. The molecule has 0 saturated carbocycles. The molecule has 1 aliphatic rings. The number of ether oxygens (including phenoxy) is 2. The molecule has 180 valence electrons. The smallest absolute Gasteiger partial charge is 0.294 e. The maximum absolute atomic E-state index is 12.8. The van der Waals surface area contributed by atoms with Crippen molar-refractivity contribution in [1.29, 1.82) is 0 Å². The number of amides is 3. The number of rotatable bonds is 9. The summed E-state index contributed by atoms with van der Waals surface area (Å²) in [5.74, 6) is 0.497. The minimum Gasteiger partial charge on any atom is -0.490 e. The second kappa shape index (κ2) is 11.8. The predicted octanol–water partition coefficient (Wildman–Crippen LogP) is 6.21. The van der Waals surface area contributed by atoms with E-state index in [1.54, 1.807) is 42.5 Å². The summed E-state index contributed by atoms with van der Waals surface area (Å²) >= 11 is 10.1. The van der Waals surface area contributed by atoms with E-state index in [2.05, 4.69) is 35.1 Å². The molecule has 7 nitrogen and oxygen atoms in total. The Morgan fingerprint density at radius 3 is 2.62 bits per heavy atom. The van der Waals surface area contributed by atoms with Crippen LogP contribution < -0.4 is 14.8 Å². The van der Waals surface area contributed by atoms with Crippen molar-refractivity contribution < 1.29 is 23.9 Å². The minimum absolute atomic E-state index is 0.225. The lowest BCUT2D eigenvalue weighted by atomic mass is 10.1. The fourth-order valence-electron chi connectivity index (χ4n) is 2.96. The van der Waals surface area contributed by atoms with Crippen LogP contribution in [0.2, 0.25) is 5.02 Å². The molecule has 2 aromatic rings. The van der Waals surface area contributed by atoms with Crippen molar-refractivity contribution in [2.75, 3.05) is 25.1 Å². The van der Waals surface area contributed by atoms with Gasteiger partial charge in [-0.3, -0.25) is 19.3 Å². The number of thioether (sulfide) groups is 1. The van der Waals surface area contributed by atoms with E-state index in [0.29, 0.717) is 51.4 Å². The summed E-state index contributed by atoms with van der Waals surface area (Å²) < 4.78 is 12.2. The van der Waals surface area contributed by atoms with Crippen LogP contribution in [-0.2, 0) is 9.59 Å². The van der Waals surface area contributed by atoms with E-state index in [1.807, 2.05) is 6.92 Å². The zero-order chi connectivity index (χ0) is 24.8. The Morgan fingerprint density at radius 1 is 1.18 bits per heavy atom. The van der Waals surface area contributed by atoms with Crippen LogP contribution in [0, 0.1) is 5.92 Å². The average molecular weight is 568 g/mol. The molecule has 1 aliphatic heterocycles. The second-order valence-electron chi connectivity index (χ2n) is 7.79. The Morgan fingerprint density at radius 2 is 1.94 bits per heavy atom. The molecular formula is C24H24BrClN2O5S. The van der Waals surface area contributed by atoms with Crippen molar-refractivity contribution in [3.05, 3.63) is 56.4 Å². The first-order chi connectivity index (χ1) is 16.2. The average Bonchev–Trinajstić information content (AvgIpc) is 3.03. The molecule has 34 heavy (non-hydrogen) atoms. The van der Waals surface area contributed by atoms with E-state index in [9.17, 15) is 14.4 Å². The van der Waals surface area contributed by atoms with Gasteiger partial charge in [0, 0.05) is 10.2 Å². The molecule has 1 N–H and O–H groups in total. The van der Waals surface area contributed by atoms with Crippen LogP contribution in [0.1, 0.15) is 26.3 Å². The lowest BCUT2D eigenvalue weighted by Gasteiger charge is -2.14. The molecule has 3 amide bonds. The molecule has 2 aromatic carbocycles. The van der Waals surface area contributed by atoms with Crippen LogP contribution >= 0.6 is 39.3 Å². The summed E-state index contributed by atoms with van der Waals surface area (Å²) in [7, 11) is 0. The van der Waals surface area contributed by atoms with Gasteiger partial charge in [-0.15, -0.1) is 0 Å². The Bertz CT molecular complexity index is 1140. The monoisotopic (exact) mass is 566 g/mol. The predicted molar refractivity (Wildman–Crippen MR) is 138 cm³/mol. The SMILES string of the molecule is CCOc1cc(/C=C2\SC(=O)N(CC(=O)Nc3ccc(Br)c(Cl)c3)C2=O)ccc1OCC(C)C. The Labute approximate surface area is 215 Å².